The fourth-order valence-electron chi connectivity index (χ4n) is 3.65. The van der Waals surface area contributed by atoms with Crippen LogP contribution in [-0.4, -0.2) is 12.6 Å². The van der Waals surface area contributed by atoms with Gasteiger partial charge in [-0.25, -0.2) is 0 Å². The average Bonchev–Trinajstić information content (AvgIpc) is 2.41. The fourth-order valence-corrected chi connectivity index (χ4v) is 3.65. The van der Waals surface area contributed by atoms with E-state index >= 15 is 0 Å². The van der Waals surface area contributed by atoms with Crippen molar-refractivity contribution in [3.63, 3.8) is 0 Å². The number of unbranched alkanes of at least 4 members (excludes halogenated alkanes) is 1. The Labute approximate surface area is 121 Å². The zero-order chi connectivity index (χ0) is 14.1. The Morgan fingerprint density at radius 3 is 2.21 bits per heavy atom. The van der Waals surface area contributed by atoms with E-state index in [1.54, 1.807) is 0 Å². The van der Waals surface area contributed by atoms with Crippen molar-refractivity contribution < 1.29 is 0 Å². The third-order valence-corrected chi connectivity index (χ3v) is 4.95. The Morgan fingerprint density at radius 2 is 1.68 bits per heavy atom. The van der Waals surface area contributed by atoms with Crippen LogP contribution in [0.4, 0.5) is 0 Å². The van der Waals surface area contributed by atoms with E-state index in [-0.39, 0.29) is 0 Å². The van der Waals surface area contributed by atoms with Crippen molar-refractivity contribution in [1.82, 2.24) is 5.32 Å². The molecule has 1 nitrogen and oxygen atoms in total. The maximum atomic E-state index is 3.77. The van der Waals surface area contributed by atoms with Crippen LogP contribution in [-0.2, 0) is 0 Å². The molecule has 1 N–H and O–H groups in total. The predicted molar refractivity (Wildman–Crippen MR) is 86.5 cm³/mol. The van der Waals surface area contributed by atoms with Crippen molar-refractivity contribution in [3.05, 3.63) is 0 Å². The number of hydrogen-bond donors (Lipinski definition) is 1. The Balaban J connectivity index is 2.32. The van der Waals surface area contributed by atoms with Gasteiger partial charge in [0.25, 0.3) is 0 Å². The van der Waals surface area contributed by atoms with Crippen molar-refractivity contribution >= 4 is 0 Å². The molecular weight excluding hydrogens is 230 g/mol. The van der Waals surface area contributed by atoms with Crippen molar-refractivity contribution in [2.24, 2.45) is 17.8 Å². The summed E-state index contributed by atoms with van der Waals surface area (Å²) in [7, 11) is 0. The molecule has 0 aromatic rings. The molecule has 0 heterocycles. The molecule has 0 bridgehead atoms. The van der Waals surface area contributed by atoms with E-state index < -0.39 is 0 Å². The lowest BCUT2D eigenvalue weighted by Gasteiger charge is -2.35. The van der Waals surface area contributed by atoms with Gasteiger partial charge in [-0.3, -0.25) is 0 Å². The maximum Gasteiger partial charge on any atom is 0.00953 e. The summed E-state index contributed by atoms with van der Waals surface area (Å²) in [6.45, 7) is 10.4. The minimum atomic E-state index is 0.791. The molecule has 1 atom stereocenters. The van der Waals surface area contributed by atoms with Crippen LogP contribution in [0.1, 0.15) is 85.5 Å². The average molecular weight is 268 g/mol. The zero-order valence-corrected chi connectivity index (χ0v) is 13.9. The van der Waals surface area contributed by atoms with Gasteiger partial charge in [-0.2, -0.15) is 0 Å². The number of rotatable bonds is 9. The summed E-state index contributed by atoms with van der Waals surface area (Å²) in [5.74, 6) is 2.85. The highest BCUT2D eigenvalue weighted by Crippen LogP contribution is 2.34. The normalized spacial score (nSPS) is 25.7. The molecule has 1 saturated carbocycles. The SMILES string of the molecule is CCCCC1CCC(C(CCC(C)C)NCC)CC1. The van der Waals surface area contributed by atoms with E-state index in [0.29, 0.717) is 0 Å². The highest BCUT2D eigenvalue weighted by Gasteiger charge is 2.26. The third kappa shape index (κ3) is 6.79. The first-order valence-electron chi connectivity index (χ1n) is 8.90. The standard InChI is InChI=1S/C18H37N/c1-5-7-8-16-10-12-17(13-11-16)18(19-6-2)14-9-15(3)4/h15-19H,5-14H2,1-4H3. The minimum absolute atomic E-state index is 0.791. The monoisotopic (exact) mass is 267 g/mol. The highest BCUT2D eigenvalue weighted by atomic mass is 14.9. The van der Waals surface area contributed by atoms with Gasteiger partial charge < -0.3 is 5.32 Å². The van der Waals surface area contributed by atoms with Crippen molar-refractivity contribution in [2.75, 3.05) is 6.54 Å². The number of nitrogens with one attached hydrogen (secondary N) is 1. The lowest BCUT2D eigenvalue weighted by atomic mass is 9.75. The molecule has 1 rings (SSSR count). The molecule has 114 valence electrons. The molecule has 1 heteroatoms. The van der Waals surface area contributed by atoms with Crippen LogP contribution in [0, 0.1) is 17.8 Å². The van der Waals surface area contributed by atoms with Crippen LogP contribution in [0.2, 0.25) is 0 Å². The molecule has 0 amide bonds. The third-order valence-electron chi connectivity index (χ3n) is 4.95. The van der Waals surface area contributed by atoms with E-state index in [1.165, 1.54) is 57.8 Å². The first-order valence-corrected chi connectivity index (χ1v) is 8.90. The zero-order valence-electron chi connectivity index (χ0n) is 13.9. The highest BCUT2D eigenvalue weighted by molar-refractivity contribution is 4.82. The van der Waals surface area contributed by atoms with Gasteiger partial charge in [-0.15, -0.1) is 0 Å². The van der Waals surface area contributed by atoms with Crippen LogP contribution < -0.4 is 5.32 Å². The van der Waals surface area contributed by atoms with Gasteiger partial charge in [0.15, 0.2) is 0 Å². The molecule has 0 aliphatic heterocycles. The lowest BCUT2D eigenvalue weighted by molar-refractivity contribution is 0.202. The lowest BCUT2D eigenvalue weighted by Crippen LogP contribution is -2.38. The summed E-state index contributed by atoms with van der Waals surface area (Å²) < 4.78 is 0. The quantitative estimate of drug-likeness (QED) is 0.590. The van der Waals surface area contributed by atoms with E-state index in [1.807, 2.05) is 0 Å². The van der Waals surface area contributed by atoms with Crippen LogP contribution in [0.5, 0.6) is 0 Å². The topological polar surface area (TPSA) is 12.0 Å². The Kier molecular flexibility index (Phi) is 8.77. The van der Waals surface area contributed by atoms with E-state index in [0.717, 1.165) is 30.3 Å². The molecular formula is C18H37N. The van der Waals surface area contributed by atoms with E-state index in [4.69, 9.17) is 0 Å². The van der Waals surface area contributed by atoms with Gasteiger partial charge in [0.05, 0.1) is 0 Å². The largest absolute Gasteiger partial charge is 0.314 e. The summed E-state index contributed by atoms with van der Waals surface area (Å²) in [5.41, 5.74) is 0. The Morgan fingerprint density at radius 1 is 1.00 bits per heavy atom. The molecule has 0 aromatic carbocycles. The molecule has 0 spiro atoms. The first-order chi connectivity index (χ1) is 9.17. The smallest absolute Gasteiger partial charge is 0.00953 e. The van der Waals surface area contributed by atoms with Gasteiger partial charge in [0, 0.05) is 6.04 Å². The summed E-state index contributed by atoms with van der Waals surface area (Å²) in [6, 6.07) is 0.791. The summed E-state index contributed by atoms with van der Waals surface area (Å²) in [4.78, 5) is 0. The van der Waals surface area contributed by atoms with Gasteiger partial charge in [-0.05, 0) is 50.0 Å². The van der Waals surface area contributed by atoms with Gasteiger partial charge in [0.1, 0.15) is 0 Å². The second-order valence-corrected chi connectivity index (χ2v) is 7.06. The first kappa shape index (κ1) is 17.0. The number of hydrogen-bond acceptors (Lipinski definition) is 1. The molecule has 0 radical (unpaired) electrons. The van der Waals surface area contributed by atoms with Crippen molar-refractivity contribution in [3.8, 4) is 0 Å². The molecule has 0 saturated heterocycles. The molecule has 1 aliphatic carbocycles. The molecule has 1 fully saturated rings. The van der Waals surface area contributed by atoms with E-state index in [9.17, 15) is 0 Å². The fraction of sp³-hybridized carbons (Fsp3) is 1.00. The molecule has 1 unspecified atom stereocenters. The summed E-state index contributed by atoms with van der Waals surface area (Å²) in [6.07, 6.45) is 13.0. The van der Waals surface area contributed by atoms with E-state index in [2.05, 4.69) is 33.0 Å². The Hall–Kier alpha value is -0.0400. The summed E-state index contributed by atoms with van der Waals surface area (Å²) >= 11 is 0. The van der Waals surface area contributed by atoms with Crippen molar-refractivity contribution in [1.29, 1.82) is 0 Å². The predicted octanol–water partition coefficient (Wildman–Crippen LogP) is 5.40. The van der Waals surface area contributed by atoms with Crippen LogP contribution in [0.3, 0.4) is 0 Å². The maximum absolute atomic E-state index is 3.77. The van der Waals surface area contributed by atoms with Crippen LogP contribution in [0.15, 0.2) is 0 Å². The second-order valence-electron chi connectivity index (χ2n) is 7.06. The Bertz CT molecular complexity index is 204. The molecule has 1 aliphatic rings. The summed E-state index contributed by atoms with van der Waals surface area (Å²) in [5, 5.41) is 3.77. The van der Waals surface area contributed by atoms with Crippen LogP contribution >= 0.6 is 0 Å². The second kappa shape index (κ2) is 9.80. The minimum Gasteiger partial charge on any atom is -0.314 e. The van der Waals surface area contributed by atoms with Crippen LogP contribution in [0.25, 0.3) is 0 Å². The van der Waals surface area contributed by atoms with Gasteiger partial charge >= 0.3 is 0 Å². The molecule has 0 aromatic heterocycles. The van der Waals surface area contributed by atoms with Crippen molar-refractivity contribution in [2.45, 2.75) is 91.5 Å². The molecule has 19 heavy (non-hydrogen) atoms. The van der Waals surface area contributed by atoms with Gasteiger partial charge in [0.2, 0.25) is 0 Å². The van der Waals surface area contributed by atoms with Gasteiger partial charge in [-0.1, -0.05) is 59.8 Å².